The quantitative estimate of drug-likeness (QED) is 0.537. The Balaban J connectivity index is 2.04. The summed E-state index contributed by atoms with van der Waals surface area (Å²) >= 11 is 17.8. The van der Waals surface area contributed by atoms with Crippen LogP contribution in [0.3, 0.4) is 0 Å². The molecule has 5 nitrogen and oxygen atoms in total. The van der Waals surface area contributed by atoms with Crippen molar-refractivity contribution < 1.29 is 9.21 Å². The van der Waals surface area contributed by atoms with Gasteiger partial charge in [0.15, 0.2) is 5.58 Å². The third kappa shape index (κ3) is 3.17. The first kappa shape index (κ1) is 15.8. The van der Waals surface area contributed by atoms with Crippen LogP contribution in [0.4, 0.5) is 5.69 Å². The first-order chi connectivity index (χ1) is 11.0. The number of fused-ring (bicyclic) bond motifs is 1. The Bertz CT molecular complexity index is 985. The maximum atomic E-state index is 12.2. The van der Waals surface area contributed by atoms with Crippen molar-refractivity contribution >= 4 is 57.4 Å². The highest BCUT2D eigenvalue weighted by molar-refractivity contribution is 6.38. The van der Waals surface area contributed by atoms with Gasteiger partial charge in [0.1, 0.15) is 10.8 Å². The fourth-order valence-corrected chi connectivity index (χ4v) is 2.74. The van der Waals surface area contributed by atoms with Crippen LogP contribution in [0, 0.1) is 0 Å². The van der Waals surface area contributed by atoms with E-state index in [9.17, 15) is 9.59 Å². The van der Waals surface area contributed by atoms with Crippen LogP contribution in [0.1, 0.15) is 10.4 Å². The maximum Gasteiger partial charge on any atom is 0.360 e. The zero-order chi connectivity index (χ0) is 16.6. The number of halogens is 3. The highest BCUT2D eigenvalue weighted by Gasteiger charge is 2.15. The van der Waals surface area contributed by atoms with E-state index in [1.165, 1.54) is 24.4 Å². The molecule has 2 aromatic heterocycles. The van der Waals surface area contributed by atoms with Crippen molar-refractivity contribution in [1.82, 2.24) is 4.98 Å². The monoisotopic (exact) mass is 368 g/mol. The molecule has 1 aromatic carbocycles. The number of aromatic nitrogens is 1. The van der Waals surface area contributed by atoms with Gasteiger partial charge in [0.05, 0.1) is 10.6 Å². The molecule has 0 radical (unpaired) electrons. The van der Waals surface area contributed by atoms with Gasteiger partial charge in [-0.3, -0.25) is 4.79 Å². The summed E-state index contributed by atoms with van der Waals surface area (Å²) in [7, 11) is 0. The molecule has 23 heavy (non-hydrogen) atoms. The van der Waals surface area contributed by atoms with Crippen LogP contribution in [-0.2, 0) is 0 Å². The number of anilines is 1. The van der Waals surface area contributed by atoms with Gasteiger partial charge in [0.2, 0.25) is 0 Å². The number of nitrogens with zero attached hydrogens (tertiary/aromatic N) is 1. The maximum absolute atomic E-state index is 12.2. The summed E-state index contributed by atoms with van der Waals surface area (Å²) in [4.78, 5) is 28.0. The number of nitrogens with one attached hydrogen (secondary N) is 1. The van der Waals surface area contributed by atoms with Gasteiger partial charge in [0, 0.05) is 16.6 Å². The minimum absolute atomic E-state index is 0.0289. The first-order valence-electron chi connectivity index (χ1n) is 6.30. The van der Waals surface area contributed by atoms with Gasteiger partial charge in [-0.25, -0.2) is 9.78 Å². The Hall–Kier alpha value is -2.08. The van der Waals surface area contributed by atoms with Crippen molar-refractivity contribution in [3.05, 3.63) is 67.7 Å². The SMILES string of the molecule is O=C(Nc1cc2cc(Cl)cc(Cl)c2oc1=O)c1cccnc1Cl. The van der Waals surface area contributed by atoms with Crippen molar-refractivity contribution in [1.29, 1.82) is 0 Å². The minimum Gasteiger partial charge on any atom is -0.420 e. The van der Waals surface area contributed by atoms with Crippen LogP contribution in [0.5, 0.6) is 0 Å². The molecule has 0 fully saturated rings. The van der Waals surface area contributed by atoms with E-state index in [1.54, 1.807) is 12.1 Å². The fraction of sp³-hybridized carbons (Fsp3) is 0. The van der Waals surface area contributed by atoms with Crippen molar-refractivity contribution in [3.63, 3.8) is 0 Å². The highest BCUT2D eigenvalue weighted by Crippen LogP contribution is 2.28. The van der Waals surface area contributed by atoms with Gasteiger partial charge in [-0.2, -0.15) is 0 Å². The summed E-state index contributed by atoms with van der Waals surface area (Å²) in [5, 5.41) is 3.54. The van der Waals surface area contributed by atoms with Gasteiger partial charge in [-0.15, -0.1) is 0 Å². The van der Waals surface area contributed by atoms with Crippen LogP contribution in [0.25, 0.3) is 11.0 Å². The topological polar surface area (TPSA) is 72.2 Å². The molecule has 3 rings (SSSR count). The van der Waals surface area contributed by atoms with Gasteiger partial charge in [0.25, 0.3) is 5.91 Å². The molecular formula is C15H7Cl3N2O3. The molecule has 116 valence electrons. The molecule has 0 spiro atoms. The number of rotatable bonds is 2. The number of carbonyl (C=O) groups is 1. The highest BCUT2D eigenvalue weighted by atomic mass is 35.5. The van der Waals surface area contributed by atoms with Crippen LogP contribution < -0.4 is 10.9 Å². The number of carbonyl (C=O) groups excluding carboxylic acids is 1. The lowest BCUT2D eigenvalue weighted by atomic mass is 10.2. The Morgan fingerprint density at radius 3 is 2.70 bits per heavy atom. The standard InChI is InChI=1S/C15H7Cl3N2O3/c16-8-4-7-5-11(15(22)23-12(7)10(17)6-8)20-14(21)9-2-1-3-19-13(9)18/h1-6H,(H,20,21). The van der Waals surface area contributed by atoms with E-state index in [1.807, 2.05) is 0 Å². The van der Waals surface area contributed by atoms with Crippen molar-refractivity contribution in [2.45, 2.75) is 0 Å². The molecule has 0 aliphatic heterocycles. The van der Waals surface area contributed by atoms with Crippen molar-refractivity contribution in [2.24, 2.45) is 0 Å². The number of amides is 1. The smallest absolute Gasteiger partial charge is 0.360 e. The molecule has 2 heterocycles. The van der Waals surface area contributed by atoms with Gasteiger partial charge < -0.3 is 9.73 Å². The zero-order valence-electron chi connectivity index (χ0n) is 11.3. The Kier molecular flexibility index (Phi) is 4.26. The van der Waals surface area contributed by atoms with Gasteiger partial charge >= 0.3 is 5.63 Å². The third-order valence-electron chi connectivity index (χ3n) is 3.00. The molecule has 0 aliphatic rings. The lowest BCUT2D eigenvalue weighted by Crippen LogP contribution is -2.18. The van der Waals surface area contributed by atoms with E-state index in [0.717, 1.165) is 0 Å². The average molecular weight is 370 g/mol. The van der Waals surface area contributed by atoms with E-state index < -0.39 is 11.5 Å². The second-order valence-electron chi connectivity index (χ2n) is 4.55. The van der Waals surface area contributed by atoms with Crippen LogP contribution in [0.2, 0.25) is 15.2 Å². The lowest BCUT2D eigenvalue weighted by Gasteiger charge is -2.07. The Morgan fingerprint density at radius 2 is 1.96 bits per heavy atom. The molecule has 0 saturated carbocycles. The van der Waals surface area contributed by atoms with E-state index in [4.69, 9.17) is 39.2 Å². The number of pyridine rings is 1. The molecule has 1 N–H and O–H groups in total. The summed E-state index contributed by atoms with van der Waals surface area (Å²) in [5.41, 5.74) is -0.466. The predicted octanol–water partition coefficient (Wildman–Crippen LogP) is 4.40. The summed E-state index contributed by atoms with van der Waals surface area (Å²) < 4.78 is 5.14. The number of benzene rings is 1. The predicted molar refractivity (Wildman–Crippen MR) is 89.7 cm³/mol. The van der Waals surface area contributed by atoms with E-state index >= 15 is 0 Å². The fourth-order valence-electron chi connectivity index (χ4n) is 1.99. The molecule has 0 aliphatic carbocycles. The molecule has 0 bridgehead atoms. The number of hydrogen-bond donors (Lipinski definition) is 1. The summed E-state index contributed by atoms with van der Waals surface area (Å²) in [6.07, 6.45) is 1.45. The minimum atomic E-state index is -0.741. The first-order valence-corrected chi connectivity index (χ1v) is 7.44. The van der Waals surface area contributed by atoms with Crippen molar-refractivity contribution in [2.75, 3.05) is 5.32 Å². The van der Waals surface area contributed by atoms with Gasteiger partial charge in [-0.1, -0.05) is 34.8 Å². The average Bonchev–Trinajstić information content (AvgIpc) is 2.49. The van der Waals surface area contributed by atoms with Crippen molar-refractivity contribution in [3.8, 4) is 0 Å². The Morgan fingerprint density at radius 1 is 1.17 bits per heavy atom. The normalized spacial score (nSPS) is 10.7. The molecule has 0 unspecified atom stereocenters. The second kappa shape index (κ2) is 6.20. The Labute approximate surface area is 144 Å². The van der Waals surface area contributed by atoms with E-state index in [0.29, 0.717) is 10.4 Å². The van der Waals surface area contributed by atoms with Crippen LogP contribution in [0.15, 0.2) is 45.7 Å². The zero-order valence-corrected chi connectivity index (χ0v) is 13.5. The van der Waals surface area contributed by atoms with Gasteiger partial charge in [-0.05, 0) is 30.3 Å². The molecule has 0 atom stereocenters. The lowest BCUT2D eigenvalue weighted by molar-refractivity contribution is 0.102. The molecule has 3 aromatic rings. The molecule has 0 saturated heterocycles. The molecule has 8 heteroatoms. The molecular weight excluding hydrogens is 363 g/mol. The molecule has 1 amide bonds. The third-order valence-corrected chi connectivity index (χ3v) is 3.80. The van der Waals surface area contributed by atoms with Crippen LogP contribution >= 0.6 is 34.8 Å². The second-order valence-corrected chi connectivity index (χ2v) is 5.75. The number of hydrogen-bond acceptors (Lipinski definition) is 4. The van der Waals surface area contributed by atoms with E-state index in [-0.39, 0.29) is 27.0 Å². The summed E-state index contributed by atoms with van der Waals surface area (Å²) in [5.74, 6) is -0.581. The largest absolute Gasteiger partial charge is 0.420 e. The van der Waals surface area contributed by atoms with E-state index in [2.05, 4.69) is 10.3 Å². The summed E-state index contributed by atoms with van der Waals surface area (Å²) in [6.45, 7) is 0. The van der Waals surface area contributed by atoms with Crippen LogP contribution in [-0.4, -0.2) is 10.9 Å². The summed E-state index contributed by atoms with van der Waals surface area (Å²) in [6, 6.07) is 7.51.